The fraction of sp³-hybridized carbons (Fsp3) is 0.333. The molecule has 4 rings (SSSR count). The third-order valence-corrected chi connectivity index (χ3v) is 6.46. The number of para-hydroxylation sites is 1. The van der Waals surface area contributed by atoms with Gasteiger partial charge < -0.3 is 26.0 Å². The van der Waals surface area contributed by atoms with Crippen LogP contribution in [-0.4, -0.2) is 50.0 Å². The number of methoxy groups -OCH3 is 1. The Labute approximate surface area is 182 Å². The summed E-state index contributed by atoms with van der Waals surface area (Å²) in [7, 11) is 1.56. The van der Waals surface area contributed by atoms with Gasteiger partial charge in [0.05, 0.1) is 18.1 Å². The van der Waals surface area contributed by atoms with Gasteiger partial charge in [-0.15, -0.1) is 0 Å². The van der Waals surface area contributed by atoms with Gasteiger partial charge in [-0.2, -0.15) is 0 Å². The molecule has 1 spiro atoms. The average molecular weight is 421 g/mol. The first kappa shape index (κ1) is 20.9. The van der Waals surface area contributed by atoms with Gasteiger partial charge >= 0.3 is 0 Å². The number of ether oxygens (including phenoxy) is 1. The van der Waals surface area contributed by atoms with Gasteiger partial charge in [0.15, 0.2) is 0 Å². The van der Waals surface area contributed by atoms with Crippen molar-refractivity contribution in [3.8, 4) is 5.75 Å². The summed E-state index contributed by atoms with van der Waals surface area (Å²) in [5, 5.41) is 0. The van der Waals surface area contributed by atoms with Crippen LogP contribution in [0.25, 0.3) is 5.57 Å². The number of hydrogen-bond donors (Lipinski definition) is 2. The van der Waals surface area contributed by atoms with Crippen LogP contribution in [-0.2, 0) is 4.79 Å². The summed E-state index contributed by atoms with van der Waals surface area (Å²) < 4.78 is 5.34. The highest BCUT2D eigenvalue weighted by atomic mass is 16.5. The molecule has 2 saturated heterocycles. The van der Waals surface area contributed by atoms with Crippen LogP contribution in [0.5, 0.6) is 5.75 Å². The Morgan fingerprint density at radius 1 is 1.13 bits per heavy atom. The van der Waals surface area contributed by atoms with Crippen LogP contribution >= 0.6 is 0 Å². The number of hydrogen-bond acceptors (Lipinski definition) is 5. The van der Waals surface area contributed by atoms with Crippen molar-refractivity contribution >= 4 is 23.1 Å². The second-order valence-electron chi connectivity index (χ2n) is 8.11. The largest absolute Gasteiger partial charge is 0.496 e. The lowest BCUT2D eigenvalue weighted by atomic mass is 9.85. The summed E-state index contributed by atoms with van der Waals surface area (Å²) in [6.07, 6.45) is 2.92. The van der Waals surface area contributed by atoms with Crippen molar-refractivity contribution in [2.24, 2.45) is 16.9 Å². The summed E-state index contributed by atoms with van der Waals surface area (Å²) in [5.74, 6) is 0.549. The number of carbonyl (C=O) groups is 2. The fourth-order valence-corrected chi connectivity index (χ4v) is 4.62. The predicted molar refractivity (Wildman–Crippen MR) is 121 cm³/mol. The summed E-state index contributed by atoms with van der Waals surface area (Å²) in [4.78, 5) is 30.1. The molecule has 2 aromatic carbocycles. The Morgan fingerprint density at radius 2 is 1.84 bits per heavy atom. The highest BCUT2D eigenvalue weighted by Crippen LogP contribution is 2.43. The van der Waals surface area contributed by atoms with Gasteiger partial charge in [0, 0.05) is 31.9 Å². The third kappa shape index (κ3) is 3.65. The van der Waals surface area contributed by atoms with Crippen molar-refractivity contribution < 1.29 is 14.3 Å². The van der Waals surface area contributed by atoms with Crippen LogP contribution in [0, 0.1) is 5.41 Å². The van der Waals surface area contributed by atoms with Gasteiger partial charge in [-0.05, 0) is 54.4 Å². The summed E-state index contributed by atoms with van der Waals surface area (Å²) in [5.41, 5.74) is 14.0. The van der Waals surface area contributed by atoms with E-state index >= 15 is 0 Å². The molecule has 0 saturated carbocycles. The van der Waals surface area contributed by atoms with Crippen molar-refractivity contribution in [2.45, 2.75) is 12.8 Å². The summed E-state index contributed by atoms with van der Waals surface area (Å²) in [6.45, 7) is 2.00. The maximum absolute atomic E-state index is 13.4. The van der Waals surface area contributed by atoms with E-state index in [1.54, 1.807) is 24.1 Å². The second-order valence-corrected chi connectivity index (χ2v) is 8.11. The minimum absolute atomic E-state index is 0.0870. The Bertz CT molecular complexity index is 1020. The smallest absolute Gasteiger partial charge is 0.257 e. The van der Waals surface area contributed by atoms with E-state index in [2.05, 4.69) is 0 Å². The zero-order chi connectivity index (χ0) is 22.0. The molecular formula is C24H28N4O3. The number of nitrogens with zero attached hydrogens (tertiary/aromatic N) is 2. The topological polar surface area (TPSA) is 102 Å². The van der Waals surface area contributed by atoms with Gasteiger partial charge in [-0.1, -0.05) is 24.3 Å². The minimum atomic E-state index is -0.518. The van der Waals surface area contributed by atoms with Crippen molar-refractivity contribution in [2.75, 3.05) is 38.2 Å². The van der Waals surface area contributed by atoms with Gasteiger partial charge in [0.2, 0.25) is 5.91 Å². The van der Waals surface area contributed by atoms with Gasteiger partial charge in [0.25, 0.3) is 5.91 Å². The molecule has 2 fully saturated rings. The third-order valence-electron chi connectivity index (χ3n) is 6.46. The minimum Gasteiger partial charge on any atom is -0.496 e. The van der Waals surface area contributed by atoms with E-state index in [4.69, 9.17) is 16.2 Å². The molecule has 0 aliphatic carbocycles. The molecule has 1 unspecified atom stereocenters. The first-order valence-electron chi connectivity index (χ1n) is 10.5. The van der Waals surface area contributed by atoms with Crippen LogP contribution in [0.15, 0.2) is 54.7 Å². The van der Waals surface area contributed by atoms with E-state index in [9.17, 15) is 9.59 Å². The van der Waals surface area contributed by atoms with Crippen LogP contribution in [0.4, 0.5) is 5.69 Å². The van der Waals surface area contributed by atoms with Crippen molar-refractivity contribution in [3.63, 3.8) is 0 Å². The zero-order valence-corrected chi connectivity index (χ0v) is 17.7. The summed E-state index contributed by atoms with van der Waals surface area (Å²) in [6, 6.07) is 14.9. The monoisotopic (exact) mass is 420 g/mol. The highest BCUT2D eigenvalue weighted by molar-refractivity contribution is 6.02. The van der Waals surface area contributed by atoms with E-state index in [-0.39, 0.29) is 11.8 Å². The molecule has 1 atom stereocenters. The molecule has 162 valence electrons. The van der Waals surface area contributed by atoms with Gasteiger partial charge in [-0.25, -0.2) is 0 Å². The first-order chi connectivity index (χ1) is 15.0. The van der Waals surface area contributed by atoms with Crippen LogP contribution in [0.2, 0.25) is 0 Å². The first-order valence-corrected chi connectivity index (χ1v) is 10.5. The molecule has 2 aliphatic rings. The maximum atomic E-state index is 13.4. The van der Waals surface area contributed by atoms with E-state index in [0.717, 1.165) is 23.2 Å². The molecule has 31 heavy (non-hydrogen) atoms. The molecule has 0 bridgehead atoms. The highest BCUT2D eigenvalue weighted by Gasteiger charge is 2.52. The normalized spacial score (nSPS) is 21.2. The number of likely N-dealkylation sites (tertiary alicyclic amines) is 1. The molecule has 7 heteroatoms. The van der Waals surface area contributed by atoms with Gasteiger partial charge in [0.1, 0.15) is 5.75 Å². The molecule has 0 aromatic heterocycles. The number of anilines is 1. The van der Waals surface area contributed by atoms with Crippen LogP contribution in [0.3, 0.4) is 0 Å². The quantitative estimate of drug-likeness (QED) is 0.772. The number of nitrogens with two attached hydrogens (primary N) is 2. The lowest BCUT2D eigenvalue weighted by Crippen LogP contribution is -2.38. The molecule has 4 N–H and O–H groups in total. The number of carbonyl (C=O) groups excluding carboxylic acids is 2. The van der Waals surface area contributed by atoms with Crippen LogP contribution < -0.4 is 21.1 Å². The van der Waals surface area contributed by atoms with Crippen LogP contribution in [0.1, 0.15) is 28.8 Å². The molecule has 2 heterocycles. The number of rotatable bonds is 5. The molecule has 0 radical (unpaired) electrons. The number of amides is 2. The maximum Gasteiger partial charge on any atom is 0.257 e. The Morgan fingerprint density at radius 3 is 2.52 bits per heavy atom. The van der Waals surface area contributed by atoms with E-state index in [1.165, 1.54) is 6.20 Å². The Hall–Kier alpha value is -3.32. The molecule has 2 aliphatic heterocycles. The molecular weight excluding hydrogens is 392 g/mol. The Kier molecular flexibility index (Phi) is 5.69. The zero-order valence-electron chi connectivity index (χ0n) is 17.7. The fourth-order valence-electron chi connectivity index (χ4n) is 4.62. The molecule has 2 aromatic rings. The Balaban J connectivity index is 1.49. The molecule has 7 nitrogen and oxygen atoms in total. The van der Waals surface area contributed by atoms with Crippen molar-refractivity contribution in [1.29, 1.82) is 0 Å². The predicted octanol–water partition coefficient (Wildman–Crippen LogP) is 2.22. The SMILES string of the molecule is COc1ccccc1C(=O)N1CCC2(CCN(c3ccc(/C(=C/N)CN)cc3)C2=O)C1. The average Bonchev–Trinajstić information content (AvgIpc) is 3.39. The number of benzene rings is 2. The van der Waals surface area contributed by atoms with E-state index in [0.29, 0.717) is 43.9 Å². The van der Waals surface area contributed by atoms with E-state index in [1.807, 2.05) is 41.3 Å². The van der Waals surface area contributed by atoms with Crippen molar-refractivity contribution in [3.05, 3.63) is 65.9 Å². The van der Waals surface area contributed by atoms with E-state index < -0.39 is 5.41 Å². The second kappa shape index (κ2) is 8.43. The van der Waals surface area contributed by atoms with Gasteiger partial charge in [-0.3, -0.25) is 9.59 Å². The summed E-state index contributed by atoms with van der Waals surface area (Å²) >= 11 is 0. The van der Waals surface area contributed by atoms with Crippen molar-refractivity contribution in [1.82, 2.24) is 4.90 Å². The standard InChI is InChI=1S/C24H28N4O3/c1-31-21-5-3-2-4-20(21)22(29)27-12-10-24(16-27)11-13-28(23(24)30)19-8-6-17(7-9-19)18(14-25)15-26/h2-9,14H,10-13,15-16,25-26H2,1H3/b18-14+. The molecule has 2 amide bonds. The lowest BCUT2D eigenvalue weighted by molar-refractivity contribution is -0.124. The lowest BCUT2D eigenvalue weighted by Gasteiger charge is -2.24.